The number of nitrogen functional groups attached to an aromatic ring is 1. The van der Waals surface area contributed by atoms with Gasteiger partial charge in [0.25, 0.3) is 0 Å². The number of rotatable bonds is 6. The Morgan fingerprint density at radius 1 is 1.39 bits per heavy atom. The number of methoxy groups -OCH3 is 1. The molecule has 0 unspecified atom stereocenters. The summed E-state index contributed by atoms with van der Waals surface area (Å²) in [5.41, 5.74) is 7.91. The quantitative estimate of drug-likeness (QED) is 0.623. The summed E-state index contributed by atoms with van der Waals surface area (Å²) >= 11 is 0. The van der Waals surface area contributed by atoms with E-state index in [9.17, 15) is 4.79 Å². The number of anilines is 2. The zero-order valence-corrected chi connectivity index (χ0v) is 11.4. The minimum Gasteiger partial charge on any atom is -0.465 e. The molecule has 0 fully saturated rings. The predicted octanol–water partition coefficient (Wildman–Crippen LogP) is 2.68. The van der Waals surface area contributed by atoms with Gasteiger partial charge in [0, 0.05) is 13.1 Å². The topological polar surface area (TPSA) is 55.6 Å². The maximum atomic E-state index is 11.6. The number of para-hydroxylation sites is 1. The fourth-order valence-corrected chi connectivity index (χ4v) is 1.91. The summed E-state index contributed by atoms with van der Waals surface area (Å²) in [6.07, 6.45) is 2.24. The van der Waals surface area contributed by atoms with Gasteiger partial charge in [-0.3, -0.25) is 0 Å². The molecule has 0 amide bonds. The Morgan fingerprint density at radius 2 is 2.11 bits per heavy atom. The number of carbonyl (C=O) groups is 1. The van der Waals surface area contributed by atoms with Gasteiger partial charge < -0.3 is 15.4 Å². The molecule has 0 aliphatic rings. The summed E-state index contributed by atoms with van der Waals surface area (Å²) in [6, 6.07) is 5.48. The highest BCUT2D eigenvalue weighted by Crippen LogP contribution is 2.27. The van der Waals surface area contributed by atoms with Crippen molar-refractivity contribution in [3.05, 3.63) is 23.8 Å². The van der Waals surface area contributed by atoms with Crippen molar-refractivity contribution in [3.63, 3.8) is 0 Å². The average Bonchev–Trinajstić information content (AvgIpc) is 2.40. The highest BCUT2D eigenvalue weighted by Gasteiger charge is 2.15. The van der Waals surface area contributed by atoms with Crippen LogP contribution in [0.5, 0.6) is 0 Å². The van der Waals surface area contributed by atoms with Gasteiger partial charge in [-0.2, -0.15) is 0 Å². The summed E-state index contributed by atoms with van der Waals surface area (Å²) < 4.78 is 4.73. The molecule has 0 aliphatic carbocycles. The van der Waals surface area contributed by atoms with Crippen molar-refractivity contribution in [2.75, 3.05) is 30.8 Å². The van der Waals surface area contributed by atoms with E-state index in [-0.39, 0.29) is 5.97 Å². The molecule has 0 atom stereocenters. The van der Waals surface area contributed by atoms with Crippen LogP contribution in [0.25, 0.3) is 0 Å². The number of hydrogen-bond acceptors (Lipinski definition) is 4. The number of benzene rings is 1. The third-order valence-electron chi connectivity index (χ3n) is 2.99. The van der Waals surface area contributed by atoms with Gasteiger partial charge in [0.15, 0.2) is 0 Å². The maximum absolute atomic E-state index is 11.6. The molecule has 2 N–H and O–H groups in total. The third kappa shape index (κ3) is 3.15. The van der Waals surface area contributed by atoms with E-state index < -0.39 is 0 Å². The number of nitrogens with two attached hydrogens (primary N) is 1. The van der Waals surface area contributed by atoms with Crippen LogP contribution < -0.4 is 10.6 Å². The van der Waals surface area contributed by atoms with Gasteiger partial charge in [0.1, 0.15) is 0 Å². The van der Waals surface area contributed by atoms with E-state index >= 15 is 0 Å². The van der Waals surface area contributed by atoms with E-state index in [4.69, 9.17) is 10.5 Å². The molecule has 0 radical (unpaired) electrons. The van der Waals surface area contributed by atoms with E-state index in [1.165, 1.54) is 7.11 Å². The van der Waals surface area contributed by atoms with Crippen LogP contribution >= 0.6 is 0 Å². The van der Waals surface area contributed by atoms with E-state index in [0.29, 0.717) is 11.3 Å². The van der Waals surface area contributed by atoms with Crippen LogP contribution in [0.1, 0.15) is 37.0 Å². The second-order valence-corrected chi connectivity index (χ2v) is 4.16. The van der Waals surface area contributed by atoms with Crippen LogP contribution in [0, 0.1) is 0 Å². The van der Waals surface area contributed by atoms with Crippen molar-refractivity contribution in [2.45, 2.75) is 26.7 Å². The summed E-state index contributed by atoms with van der Waals surface area (Å²) in [4.78, 5) is 13.8. The van der Waals surface area contributed by atoms with Crippen LogP contribution in [-0.4, -0.2) is 26.2 Å². The van der Waals surface area contributed by atoms with Crippen LogP contribution in [0.2, 0.25) is 0 Å². The first-order valence-electron chi connectivity index (χ1n) is 6.37. The molecule has 1 rings (SSSR count). The lowest BCUT2D eigenvalue weighted by molar-refractivity contribution is 0.0602. The molecule has 100 valence electrons. The predicted molar refractivity (Wildman–Crippen MR) is 75.0 cm³/mol. The second kappa shape index (κ2) is 6.89. The lowest BCUT2D eigenvalue weighted by atomic mass is 10.1. The van der Waals surface area contributed by atoms with Crippen molar-refractivity contribution >= 4 is 17.3 Å². The minimum atomic E-state index is -0.388. The molecule has 4 heteroatoms. The Hall–Kier alpha value is -1.71. The van der Waals surface area contributed by atoms with Crippen LogP contribution in [-0.2, 0) is 4.74 Å². The summed E-state index contributed by atoms with van der Waals surface area (Å²) in [5.74, 6) is -0.388. The fourth-order valence-electron chi connectivity index (χ4n) is 1.91. The van der Waals surface area contributed by atoms with Crippen molar-refractivity contribution in [1.29, 1.82) is 0 Å². The number of hydrogen-bond donors (Lipinski definition) is 1. The molecule has 0 aromatic heterocycles. The largest absolute Gasteiger partial charge is 0.465 e. The number of ether oxygens (including phenoxy) is 1. The molecular weight excluding hydrogens is 228 g/mol. The van der Waals surface area contributed by atoms with Crippen molar-refractivity contribution in [1.82, 2.24) is 0 Å². The van der Waals surface area contributed by atoms with Crippen molar-refractivity contribution in [3.8, 4) is 0 Å². The molecule has 18 heavy (non-hydrogen) atoms. The highest BCUT2D eigenvalue weighted by atomic mass is 16.5. The van der Waals surface area contributed by atoms with Crippen LogP contribution in [0.15, 0.2) is 18.2 Å². The molecule has 0 spiro atoms. The van der Waals surface area contributed by atoms with Gasteiger partial charge in [-0.15, -0.1) is 0 Å². The van der Waals surface area contributed by atoms with Gasteiger partial charge in [-0.1, -0.05) is 19.4 Å². The van der Waals surface area contributed by atoms with Crippen molar-refractivity contribution < 1.29 is 9.53 Å². The number of esters is 1. The minimum absolute atomic E-state index is 0.388. The first-order chi connectivity index (χ1) is 8.65. The van der Waals surface area contributed by atoms with Gasteiger partial charge in [-0.05, 0) is 25.5 Å². The highest BCUT2D eigenvalue weighted by molar-refractivity contribution is 5.98. The Bertz CT molecular complexity index is 405. The van der Waals surface area contributed by atoms with Crippen LogP contribution in [0.3, 0.4) is 0 Å². The van der Waals surface area contributed by atoms with E-state index in [1.54, 1.807) is 6.07 Å². The molecular formula is C14H22N2O2. The molecule has 0 saturated heterocycles. The molecule has 1 aromatic carbocycles. The maximum Gasteiger partial charge on any atom is 0.340 e. The van der Waals surface area contributed by atoms with Gasteiger partial charge >= 0.3 is 5.97 Å². The standard InChI is InChI=1S/C14H22N2O2/c1-4-6-10-16(5-2)12-9-7-8-11(13(12)15)14(17)18-3/h7-9H,4-6,10,15H2,1-3H3. The monoisotopic (exact) mass is 250 g/mol. The smallest absolute Gasteiger partial charge is 0.340 e. The Kier molecular flexibility index (Phi) is 5.49. The van der Waals surface area contributed by atoms with E-state index in [0.717, 1.165) is 31.6 Å². The molecule has 0 bridgehead atoms. The Morgan fingerprint density at radius 3 is 2.67 bits per heavy atom. The number of unbranched alkanes of at least 4 members (excludes halogenated alkanes) is 1. The number of carbonyl (C=O) groups excluding carboxylic acids is 1. The van der Waals surface area contributed by atoms with Gasteiger partial charge in [0.2, 0.25) is 0 Å². The Balaban J connectivity index is 3.04. The lowest BCUT2D eigenvalue weighted by Crippen LogP contribution is -2.25. The Labute approximate surface area is 109 Å². The van der Waals surface area contributed by atoms with Gasteiger partial charge in [-0.25, -0.2) is 4.79 Å². The average molecular weight is 250 g/mol. The third-order valence-corrected chi connectivity index (χ3v) is 2.99. The molecule has 0 aliphatic heterocycles. The second-order valence-electron chi connectivity index (χ2n) is 4.16. The van der Waals surface area contributed by atoms with E-state index in [1.807, 2.05) is 12.1 Å². The van der Waals surface area contributed by atoms with E-state index in [2.05, 4.69) is 18.7 Å². The summed E-state index contributed by atoms with van der Waals surface area (Å²) in [5, 5.41) is 0. The summed E-state index contributed by atoms with van der Waals surface area (Å²) in [7, 11) is 1.36. The SMILES string of the molecule is CCCCN(CC)c1cccc(C(=O)OC)c1N. The summed E-state index contributed by atoms with van der Waals surface area (Å²) in [6.45, 7) is 6.05. The van der Waals surface area contributed by atoms with Crippen molar-refractivity contribution in [2.24, 2.45) is 0 Å². The number of nitrogens with zero attached hydrogens (tertiary/aromatic N) is 1. The molecule has 4 nitrogen and oxygen atoms in total. The molecule has 0 heterocycles. The van der Waals surface area contributed by atoms with Crippen LogP contribution in [0.4, 0.5) is 11.4 Å². The lowest BCUT2D eigenvalue weighted by Gasteiger charge is -2.25. The van der Waals surface area contributed by atoms with Gasteiger partial charge in [0.05, 0.1) is 24.0 Å². The zero-order valence-electron chi connectivity index (χ0n) is 11.4. The molecule has 0 saturated carbocycles. The fraction of sp³-hybridized carbons (Fsp3) is 0.500. The first-order valence-corrected chi connectivity index (χ1v) is 6.37. The zero-order chi connectivity index (χ0) is 13.5. The molecule has 1 aromatic rings. The first kappa shape index (κ1) is 14.4. The normalized spacial score (nSPS) is 10.2.